The Morgan fingerprint density at radius 1 is 1.11 bits per heavy atom. The summed E-state index contributed by atoms with van der Waals surface area (Å²) in [7, 11) is 1.39. The van der Waals surface area contributed by atoms with Crippen LogP contribution in [0.3, 0.4) is 0 Å². The lowest BCUT2D eigenvalue weighted by Gasteiger charge is -2.19. The zero-order valence-corrected chi connectivity index (χ0v) is 22.1. The molecule has 2 unspecified atom stereocenters. The number of ether oxygens (including phenoxy) is 2. The van der Waals surface area contributed by atoms with Gasteiger partial charge < -0.3 is 14.8 Å². The van der Waals surface area contributed by atoms with Gasteiger partial charge in [0.05, 0.1) is 25.4 Å². The maximum Gasteiger partial charge on any atom is 0.337 e. The van der Waals surface area contributed by atoms with Gasteiger partial charge in [0, 0.05) is 27.9 Å². The number of rotatable bonds is 12. The topological polar surface area (TPSA) is 47.6 Å². The van der Waals surface area contributed by atoms with Gasteiger partial charge >= 0.3 is 5.97 Å². The van der Waals surface area contributed by atoms with Crippen molar-refractivity contribution < 1.29 is 14.3 Å². The van der Waals surface area contributed by atoms with Crippen molar-refractivity contribution in [1.29, 1.82) is 0 Å². The average molecular weight is 522 g/mol. The van der Waals surface area contributed by atoms with Crippen molar-refractivity contribution in [3.63, 3.8) is 0 Å². The number of carbonyl (C=O) groups excluding carboxylic acids is 1. The monoisotopic (exact) mass is 521 g/mol. The molecule has 0 aliphatic heterocycles. The predicted molar refractivity (Wildman–Crippen MR) is 147 cm³/mol. The molecule has 0 radical (unpaired) electrons. The molecule has 0 bridgehead atoms. The molecule has 1 aliphatic rings. The lowest BCUT2D eigenvalue weighted by atomic mass is 9.95. The number of thiophene rings is 1. The van der Waals surface area contributed by atoms with Gasteiger partial charge in [-0.1, -0.05) is 60.2 Å². The van der Waals surface area contributed by atoms with Crippen LogP contribution in [-0.2, 0) is 29.0 Å². The van der Waals surface area contributed by atoms with Crippen molar-refractivity contribution >= 4 is 28.9 Å². The van der Waals surface area contributed by atoms with E-state index in [4.69, 9.17) is 21.1 Å². The number of allylic oxidation sites excluding steroid dienone is 4. The van der Waals surface area contributed by atoms with Crippen molar-refractivity contribution in [2.45, 2.75) is 38.5 Å². The van der Waals surface area contributed by atoms with E-state index in [0.29, 0.717) is 36.2 Å². The molecule has 0 fully saturated rings. The molecule has 1 N–H and O–H groups in total. The normalized spacial score (nSPS) is 15.7. The maximum atomic E-state index is 11.6. The minimum atomic E-state index is -0.330. The lowest BCUT2D eigenvalue weighted by molar-refractivity contribution is 0.0411. The van der Waals surface area contributed by atoms with E-state index in [0.717, 1.165) is 24.0 Å². The standard InChI is InChI=1S/C30H32ClNO3S/c1-34-30(33)24-13-10-23(11-14-24)19-32-20-29(25-8-5-9-26(31)18-25)35-21-28-17-16-27(36-28)15-12-22-6-3-2-4-7-22/h2-6,8-11,13-14,16-18,22,29,32H,7,12,15,19-21H2,1H3. The van der Waals surface area contributed by atoms with Crippen LogP contribution in [0.25, 0.3) is 0 Å². The second-order valence-corrected chi connectivity index (χ2v) is 10.6. The van der Waals surface area contributed by atoms with Crippen molar-refractivity contribution in [2.75, 3.05) is 13.7 Å². The maximum absolute atomic E-state index is 11.6. The summed E-state index contributed by atoms with van der Waals surface area (Å²) in [5.41, 5.74) is 2.67. The SMILES string of the molecule is COC(=O)c1ccc(CNCC(OCc2ccc(CCC3C=CC=CC3)s2)c2cccc(Cl)c2)cc1. The summed E-state index contributed by atoms with van der Waals surface area (Å²) < 4.78 is 11.2. The van der Waals surface area contributed by atoms with Crippen LogP contribution in [0.4, 0.5) is 0 Å². The van der Waals surface area contributed by atoms with E-state index in [2.05, 4.69) is 47.8 Å². The van der Waals surface area contributed by atoms with Crippen molar-refractivity contribution in [2.24, 2.45) is 5.92 Å². The van der Waals surface area contributed by atoms with Crippen LogP contribution in [0, 0.1) is 5.92 Å². The molecule has 0 spiro atoms. The van der Waals surface area contributed by atoms with Crippen LogP contribution in [0.5, 0.6) is 0 Å². The van der Waals surface area contributed by atoms with Gasteiger partial charge in [-0.05, 0) is 72.7 Å². The Balaban J connectivity index is 1.31. The largest absolute Gasteiger partial charge is 0.465 e. The Morgan fingerprint density at radius 2 is 1.94 bits per heavy atom. The van der Waals surface area contributed by atoms with Crippen LogP contribution < -0.4 is 5.32 Å². The molecular weight excluding hydrogens is 490 g/mol. The van der Waals surface area contributed by atoms with Crippen LogP contribution in [0.1, 0.15) is 50.2 Å². The van der Waals surface area contributed by atoms with E-state index in [1.54, 1.807) is 12.1 Å². The fraction of sp³-hybridized carbons (Fsp3) is 0.300. The van der Waals surface area contributed by atoms with Gasteiger partial charge in [-0.15, -0.1) is 11.3 Å². The van der Waals surface area contributed by atoms with E-state index >= 15 is 0 Å². The summed E-state index contributed by atoms with van der Waals surface area (Å²) in [4.78, 5) is 14.3. The third-order valence-electron chi connectivity index (χ3n) is 6.23. The summed E-state index contributed by atoms with van der Waals surface area (Å²) in [6.45, 7) is 1.86. The first-order valence-corrected chi connectivity index (χ1v) is 13.5. The third-order valence-corrected chi connectivity index (χ3v) is 7.58. The number of halogens is 1. The first-order chi connectivity index (χ1) is 17.6. The Kier molecular flexibility index (Phi) is 9.93. The predicted octanol–water partition coefficient (Wildman–Crippen LogP) is 7.30. The van der Waals surface area contributed by atoms with E-state index in [9.17, 15) is 4.79 Å². The number of methoxy groups -OCH3 is 1. The molecule has 1 aromatic heterocycles. The molecule has 0 amide bonds. The number of carbonyl (C=O) groups is 1. The Hall–Kier alpha value is -2.70. The quantitative estimate of drug-likeness (QED) is 0.254. The molecule has 2 atom stereocenters. The highest BCUT2D eigenvalue weighted by Crippen LogP contribution is 2.26. The molecule has 2 aromatic carbocycles. The van der Waals surface area contributed by atoms with Crippen molar-refractivity contribution in [1.82, 2.24) is 5.32 Å². The Bertz CT molecular complexity index is 1180. The molecular formula is C30H32ClNO3S. The molecule has 4 rings (SSSR count). The highest BCUT2D eigenvalue weighted by atomic mass is 35.5. The van der Waals surface area contributed by atoms with Gasteiger partial charge in [0.1, 0.15) is 0 Å². The number of nitrogens with one attached hydrogen (secondary N) is 1. The highest BCUT2D eigenvalue weighted by Gasteiger charge is 2.14. The fourth-order valence-corrected chi connectivity index (χ4v) is 5.35. The van der Waals surface area contributed by atoms with Gasteiger partial charge in [-0.25, -0.2) is 4.79 Å². The molecule has 6 heteroatoms. The Labute approximate surface area is 222 Å². The van der Waals surface area contributed by atoms with Crippen LogP contribution in [-0.4, -0.2) is 19.6 Å². The molecule has 188 valence electrons. The minimum absolute atomic E-state index is 0.136. The fourth-order valence-electron chi connectivity index (χ4n) is 4.19. The van der Waals surface area contributed by atoms with Gasteiger partial charge in [-0.3, -0.25) is 0 Å². The number of hydrogen-bond donors (Lipinski definition) is 1. The van der Waals surface area contributed by atoms with E-state index < -0.39 is 0 Å². The minimum Gasteiger partial charge on any atom is -0.465 e. The van der Waals surface area contributed by atoms with Crippen LogP contribution in [0.2, 0.25) is 5.02 Å². The van der Waals surface area contributed by atoms with Gasteiger partial charge in [0.2, 0.25) is 0 Å². The zero-order valence-electron chi connectivity index (χ0n) is 20.5. The average Bonchev–Trinajstić information content (AvgIpc) is 3.37. The first kappa shape index (κ1) is 26.4. The molecule has 36 heavy (non-hydrogen) atoms. The number of esters is 1. The smallest absolute Gasteiger partial charge is 0.337 e. The van der Waals surface area contributed by atoms with Crippen LogP contribution >= 0.6 is 22.9 Å². The van der Waals surface area contributed by atoms with E-state index in [1.165, 1.54) is 23.3 Å². The summed E-state index contributed by atoms with van der Waals surface area (Å²) in [6, 6.07) is 19.7. The number of benzene rings is 2. The van der Waals surface area contributed by atoms with Gasteiger partial charge in [0.15, 0.2) is 0 Å². The number of aryl methyl sites for hydroxylation is 1. The summed E-state index contributed by atoms with van der Waals surface area (Å²) in [6.07, 6.45) is 12.1. The Morgan fingerprint density at radius 3 is 2.69 bits per heavy atom. The van der Waals surface area contributed by atoms with Gasteiger partial charge in [0.25, 0.3) is 0 Å². The molecule has 0 saturated heterocycles. The van der Waals surface area contributed by atoms with E-state index in [-0.39, 0.29) is 12.1 Å². The first-order valence-electron chi connectivity index (χ1n) is 12.3. The third kappa shape index (κ3) is 7.90. The zero-order chi connectivity index (χ0) is 25.2. The molecule has 3 aromatic rings. The van der Waals surface area contributed by atoms with Crippen molar-refractivity contribution in [3.8, 4) is 0 Å². The molecule has 1 heterocycles. The second kappa shape index (κ2) is 13.6. The molecule has 4 nitrogen and oxygen atoms in total. The van der Waals surface area contributed by atoms with Crippen molar-refractivity contribution in [3.05, 3.63) is 116 Å². The van der Waals surface area contributed by atoms with E-state index in [1.807, 2.05) is 41.7 Å². The lowest BCUT2D eigenvalue weighted by Crippen LogP contribution is -2.23. The summed E-state index contributed by atoms with van der Waals surface area (Å²) >= 11 is 8.11. The second-order valence-electron chi connectivity index (χ2n) is 8.89. The number of hydrogen-bond acceptors (Lipinski definition) is 5. The van der Waals surface area contributed by atoms with Gasteiger partial charge in [-0.2, -0.15) is 0 Å². The van der Waals surface area contributed by atoms with Crippen LogP contribution in [0.15, 0.2) is 85.0 Å². The summed E-state index contributed by atoms with van der Waals surface area (Å²) in [5.74, 6) is 0.315. The summed E-state index contributed by atoms with van der Waals surface area (Å²) in [5, 5.41) is 4.19. The molecule has 0 saturated carbocycles. The highest BCUT2D eigenvalue weighted by molar-refractivity contribution is 7.11. The molecule has 1 aliphatic carbocycles.